The van der Waals surface area contributed by atoms with E-state index in [-0.39, 0.29) is 22.4 Å². The van der Waals surface area contributed by atoms with Gasteiger partial charge in [0.25, 0.3) is 5.91 Å². The normalized spacial score (nSPS) is 10.2. The first-order valence-corrected chi connectivity index (χ1v) is 6.54. The summed E-state index contributed by atoms with van der Waals surface area (Å²) in [5.74, 6) is -4.24. The molecule has 0 bridgehead atoms. The Morgan fingerprint density at radius 1 is 1.00 bits per heavy atom. The van der Waals surface area contributed by atoms with Crippen molar-refractivity contribution < 1.29 is 34.8 Å². The van der Waals surface area contributed by atoms with Crippen LogP contribution in [0.1, 0.15) is 26.3 Å². The first kappa shape index (κ1) is 16.7. The summed E-state index contributed by atoms with van der Waals surface area (Å²) < 4.78 is 0. The third-order valence-corrected chi connectivity index (χ3v) is 3.03. The lowest BCUT2D eigenvalue weighted by Crippen LogP contribution is -2.13. The van der Waals surface area contributed by atoms with E-state index in [4.69, 9.17) is 10.2 Å². The lowest BCUT2D eigenvalue weighted by atomic mass is 10.1. The van der Waals surface area contributed by atoms with Gasteiger partial charge < -0.3 is 25.7 Å². The van der Waals surface area contributed by atoms with Gasteiger partial charge in [0.1, 0.15) is 11.5 Å². The molecule has 5 N–H and O–H groups in total. The standard InChI is InChI=1S/C15H12N2O7/c18-11-4-10(12(19)2-7(11)3-13(20)21)14(22)17-9-1-8(15(23)24)5-16-6-9/h1-2,4-6,18-19H,3H2,(H,17,22)(H,20,21)(H,23,24). The van der Waals surface area contributed by atoms with Gasteiger partial charge in [0.15, 0.2) is 0 Å². The molecule has 9 heteroatoms. The molecule has 2 aromatic rings. The smallest absolute Gasteiger partial charge is 0.337 e. The van der Waals surface area contributed by atoms with E-state index in [2.05, 4.69) is 10.3 Å². The maximum Gasteiger partial charge on any atom is 0.337 e. The molecule has 0 saturated heterocycles. The minimum atomic E-state index is -1.22. The largest absolute Gasteiger partial charge is 0.508 e. The van der Waals surface area contributed by atoms with Gasteiger partial charge in [0.05, 0.1) is 29.4 Å². The van der Waals surface area contributed by atoms with E-state index in [1.807, 2.05) is 0 Å². The van der Waals surface area contributed by atoms with Crippen molar-refractivity contribution in [2.75, 3.05) is 5.32 Å². The van der Waals surface area contributed by atoms with E-state index >= 15 is 0 Å². The van der Waals surface area contributed by atoms with Crippen LogP contribution in [0.3, 0.4) is 0 Å². The molecule has 0 unspecified atom stereocenters. The first-order valence-electron chi connectivity index (χ1n) is 6.54. The molecule has 124 valence electrons. The highest BCUT2D eigenvalue weighted by Gasteiger charge is 2.17. The Labute approximate surface area is 134 Å². The van der Waals surface area contributed by atoms with Crippen LogP contribution in [0, 0.1) is 0 Å². The predicted molar refractivity (Wildman–Crippen MR) is 80.3 cm³/mol. The average Bonchev–Trinajstić information content (AvgIpc) is 2.50. The number of carbonyl (C=O) groups excluding carboxylic acids is 1. The van der Waals surface area contributed by atoms with E-state index in [9.17, 15) is 24.6 Å². The Morgan fingerprint density at radius 2 is 1.71 bits per heavy atom. The number of aromatic nitrogens is 1. The number of aromatic hydroxyl groups is 2. The Hall–Kier alpha value is -3.62. The fourth-order valence-electron chi connectivity index (χ4n) is 1.93. The summed E-state index contributed by atoms with van der Waals surface area (Å²) in [4.78, 5) is 37.3. The lowest BCUT2D eigenvalue weighted by Gasteiger charge is -2.10. The maximum atomic E-state index is 12.1. The fourth-order valence-corrected chi connectivity index (χ4v) is 1.93. The second-order valence-corrected chi connectivity index (χ2v) is 4.79. The van der Waals surface area contributed by atoms with Crippen LogP contribution in [0.25, 0.3) is 0 Å². The van der Waals surface area contributed by atoms with Crippen LogP contribution in [-0.4, -0.2) is 43.3 Å². The van der Waals surface area contributed by atoms with Crippen molar-refractivity contribution in [1.82, 2.24) is 4.98 Å². The van der Waals surface area contributed by atoms with Crippen LogP contribution in [0.2, 0.25) is 0 Å². The summed E-state index contributed by atoms with van der Waals surface area (Å²) in [7, 11) is 0. The molecular formula is C15H12N2O7. The summed E-state index contributed by atoms with van der Waals surface area (Å²) in [5, 5.41) is 39.5. The van der Waals surface area contributed by atoms with E-state index in [0.29, 0.717) is 0 Å². The monoisotopic (exact) mass is 332 g/mol. The van der Waals surface area contributed by atoms with Gasteiger partial charge in [-0.05, 0) is 18.2 Å². The van der Waals surface area contributed by atoms with Crippen LogP contribution < -0.4 is 5.32 Å². The van der Waals surface area contributed by atoms with Crippen molar-refractivity contribution in [3.05, 3.63) is 47.3 Å². The average molecular weight is 332 g/mol. The summed E-state index contributed by atoms with van der Waals surface area (Å²) >= 11 is 0. The van der Waals surface area contributed by atoms with Gasteiger partial charge in [-0.25, -0.2) is 4.79 Å². The van der Waals surface area contributed by atoms with Gasteiger partial charge in [-0.15, -0.1) is 0 Å². The first-order chi connectivity index (χ1) is 11.3. The van der Waals surface area contributed by atoms with Crippen molar-refractivity contribution in [3.8, 4) is 11.5 Å². The molecule has 0 atom stereocenters. The van der Waals surface area contributed by atoms with Crippen molar-refractivity contribution in [2.24, 2.45) is 0 Å². The number of hydrogen-bond acceptors (Lipinski definition) is 6. The number of rotatable bonds is 5. The van der Waals surface area contributed by atoms with Crippen LogP contribution in [0.4, 0.5) is 5.69 Å². The van der Waals surface area contributed by atoms with Crippen LogP contribution >= 0.6 is 0 Å². The minimum absolute atomic E-state index is 0.0499. The van der Waals surface area contributed by atoms with Gasteiger partial charge in [-0.2, -0.15) is 0 Å². The molecule has 0 saturated carbocycles. The van der Waals surface area contributed by atoms with Gasteiger partial charge in [-0.3, -0.25) is 14.6 Å². The number of benzene rings is 1. The number of phenols is 2. The molecule has 0 aliphatic heterocycles. The second kappa shape index (κ2) is 6.65. The van der Waals surface area contributed by atoms with Gasteiger partial charge in [0.2, 0.25) is 0 Å². The predicted octanol–water partition coefficient (Wildman–Crippen LogP) is 1.07. The van der Waals surface area contributed by atoms with E-state index in [1.54, 1.807) is 0 Å². The molecule has 1 amide bonds. The van der Waals surface area contributed by atoms with Crippen molar-refractivity contribution in [1.29, 1.82) is 0 Å². The van der Waals surface area contributed by atoms with Crippen LogP contribution in [-0.2, 0) is 11.2 Å². The SMILES string of the molecule is O=C(O)Cc1cc(O)c(C(=O)Nc2cncc(C(=O)O)c2)cc1O. The minimum Gasteiger partial charge on any atom is -0.508 e. The molecular weight excluding hydrogens is 320 g/mol. The number of aromatic carboxylic acids is 1. The lowest BCUT2D eigenvalue weighted by molar-refractivity contribution is -0.136. The fraction of sp³-hybridized carbons (Fsp3) is 0.0667. The highest BCUT2D eigenvalue weighted by molar-refractivity contribution is 6.06. The molecule has 0 aliphatic rings. The van der Waals surface area contributed by atoms with Gasteiger partial charge in [0, 0.05) is 11.8 Å². The molecule has 24 heavy (non-hydrogen) atoms. The topological polar surface area (TPSA) is 157 Å². The highest BCUT2D eigenvalue weighted by atomic mass is 16.4. The number of phenolic OH excluding ortho intramolecular Hbond substituents is 2. The summed E-state index contributed by atoms with van der Waals surface area (Å²) in [5.41, 5.74) is -0.418. The number of pyridine rings is 1. The van der Waals surface area contributed by atoms with E-state index in [0.717, 1.165) is 18.3 Å². The van der Waals surface area contributed by atoms with E-state index in [1.165, 1.54) is 12.3 Å². The van der Waals surface area contributed by atoms with Crippen molar-refractivity contribution >= 4 is 23.5 Å². The summed E-state index contributed by atoms with van der Waals surface area (Å²) in [6, 6.07) is 3.07. The van der Waals surface area contributed by atoms with Crippen molar-refractivity contribution in [2.45, 2.75) is 6.42 Å². The Bertz CT molecular complexity index is 833. The number of nitrogens with one attached hydrogen (secondary N) is 1. The van der Waals surface area contributed by atoms with Crippen molar-refractivity contribution in [3.63, 3.8) is 0 Å². The molecule has 1 aromatic heterocycles. The third-order valence-electron chi connectivity index (χ3n) is 3.03. The molecule has 9 nitrogen and oxygen atoms in total. The number of amides is 1. The Morgan fingerprint density at radius 3 is 2.33 bits per heavy atom. The maximum absolute atomic E-state index is 12.1. The number of nitrogens with zero attached hydrogens (tertiary/aromatic N) is 1. The molecule has 2 rings (SSSR count). The Balaban J connectivity index is 2.27. The number of carboxylic acid groups (broad SMARTS) is 2. The van der Waals surface area contributed by atoms with Crippen LogP contribution in [0.5, 0.6) is 11.5 Å². The Kier molecular flexibility index (Phi) is 4.64. The number of carboxylic acids is 2. The quantitative estimate of drug-likeness (QED) is 0.509. The molecule has 0 radical (unpaired) electrons. The number of carbonyl (C=O) groups is 3. The second-order valence-electron chi connectivity index (χ2n) is 4.79. The number of hydrogen-bond donors (Lipinski definition) is 5. The number of aliphatic carboxylic acids is 1. The zero-order chi connectivity index (χ0) is 17.9. The molecule has 0 aliphatic carbocycles. The van der Waals surface area contributed by atoms with Crippen LogP contribution in [0.15, 0.2) is 30.6 Å². The molecule has 1 heterocycles. The van der Waals surface area contributed by atoms with E-state index < -0.39 is 35.8 Å². The summed E-state index contributed by atoms with van der Waals surface area (Å²) in [6.07, 6.45) is 1.79. The zero-order valence-electron chi connectivity index (χ0n) is 12.1. The van der Waals surface area contributed by atoms with Gasteiger partial charge in [-0.1, -0.05) is 0 Å². The molecule has 0 spiro atoms. The summed E-state index contributed by atoms with van der Waals surface area (Å²) in [6.45, 7) is 0. The van der Waals surface area contributed by atoms with Gasteiger partial charge >= 0.3 is 11.9 Å². The highest BCUT2D eigenvalue weighted by Crippen LogP contribution is 2.28. The molecule has 1 aromatic carbocycles. The molecule has 0 fully saturated rings. The third kappa shape index (κ3) is 3.77. The number of anilines is 1. The zero-order valence-corrected chi connectivity index (χ0v) is 12.1.